The minimum absolute atomic E-state index is 0.194. The zero-order valence-electron chi connectivity index (χ0n) is 12.3. The van der Waals surface area contributed by atoms with E-state index in [1.54, 1.807) is 18.2 Å². The van der Waals surface area contributed by atoms with Crippen LogP contribution in [-0.2, 0) is 0 Å². The van der Waals surface area contributed by atoms with Gasteiger partial charge < -0.3 is 5.73 Å². The molecular formula is C17H11ClN4OS. The van der Waals surface area contributed by atoms with Crippen LogP contribution in [0.25, 0.3) is 32.9 Å². The smallest absolute Gasteiger partial charge is 0.217 e. The fourth-order valence-corrected chi connectivity index (χ4v) is 3.39. The van der Waals surface area contributed by atoms with Crippen LogP contribution >= 0.6 is 22.9 Å². The van der Waals surface area contributed by atoms with Crippen molar-refractivity contribution in [2.75, 3.05) is 5.73 Å². The van der Waals surface area contributed by atoms with E-state index in [1.165, 1.54) is 11.3 Å². The van der Waals surface area contributed by atoms with Gasteiger partial charge in [-0.25, -0.2) is 4.98 Å². The van der Waals surface area contributed by atoms with Crippen molar-refractivity contribution < 1.29 is 0 Å². The molecule has 0 aliphatic heterocycles. The largest absolute Gasteiger partial charge is 0.399 e. The molecule has 0 spiro atoms. The number of halogens is 1. The van der Waals surface area contributed by atoms with Gasteiger partial charge in [-0.2, -0.15) is 5.10 Å². The fraction of sp³-hybridized carbons (Fsp3) is 0. The normalized spacial score (nSPS) is 11.0. The molecular weight excluding hydrogens is 344 g/mol. The number of nitrogen functional groups attached to an aromatic ring is 1. The summed E-state index contributed by atoms with van der Waals surface area (Å²) in [5.74, 6) is 0. The second-order valence-corrected chi connectivity index (χ2v) is 6.55. The maximum atomic E-state index is 12.7. The van der Waals surface area contributed by atoms with Gasteiger partial charge in [0.15, 0.2) is 5.69 Å². The van der Waals surface area contributed by atoms with Crippen LogP contribution in [-0.4, -0.2) is 15.2 Å². The molecule has 0 saturated carbocycles. The van der Waals surface area contributed by atoms with E-state index in [9.17, 15) is 4.79 Å². The SMILES string of the molecule is Nc1ccc(-c2nc(-c3n[nH]c4ccc(Cl)cc4c3=O)cs2)cc1. The Morgan fingerprint density at radius 2 is 1.92 bits per heavy atom. The molecule has 4 aromatic rings. The summed E-state index contributed by atoms with van der Waals surface area (Å²) < 4.78 is 0. The van der Waals surface area contributed by atoms with E-state index in [1.807, 2.05) is 29.6 Å². The summed E-state index contributed by atoms with van der Waals surface area (Å²) in [6.07, 6.45) is 0. The molecule has 4 rings (SSSR count). The molecule has 2 heterocycles. The number of aromatic nitrogens is 3. The van der Waals surface area contributed by atoms with Crippen LogP contribution in [0.1, 0.15) is 0 Å². The quantitative estimate of drug-likeness (QED) is 0.534. The molecule has 0 radical (unpaired) electrons. The minimum Gasteiger partial charge on any atom is -0.399 e. The van der Waals surface area contributed by atoms with E-state index in [0.29, 0.717) is 27.3 Å². The van der Waals surface area contributed by atoms with Crippen LogP contribution in [0.3, 0.4) is 0 Å². The molecule has 0 atom stereocenters. The van der Waals surface area contributed by atoms with E-state index in [-0.39, 0.29) is 11.1 Å². The van der Waals surface area contributed by atoms with Gasteiger partial charge in [0, 0.05) is 21.7 Å². The van der Waals surface area contributed by atoms with Crippen LogP contribution in [0.5, 0.6) is 0 Å². The van der Waals surface area contributed by atoms with Crippen molar-refractivity contribution in [1.82, 2.24) is 15.2 Å². The van der Waals surface area contributed by atoms with Gasteiger partial charge in [-0.15, -0.1) is 11.3 Å². The Morgan fingerprint density at radius 3 is 2.71 bits per heavy atom. The van der Waals surface area contributed by atoms with Gasteiger partial charge in [-0.3, -0.25) is 9.89 Å². The Hall–Kier alpha value is -2.70. The summed E-state index contributed by atoms with van der Waals surface area (Å²) >= 11 is 7.44. The molecule has 2 aromatic heterocycles. The minimum atomic E-state index is -0.194. The van der Waals surface area contributed by atoms with Gasteiger partial charge >= 0.3 is 0 Å². The van der Waals surface area contributed by atoms with Gasteiger partial charge in [-0.1, -0.05) is 11.6 Å². The third-order valence-corrected chi connectivity index (χ3v) is 4.76. The third-order valence-electron chi connectivity index (χ3n) is 3.63. The molecule has 0 fully saturated rings. The van der Waals surface area contributed by atoms with Gasteiger partial charge in [0.1, 0.15) is 10.7 Å². The Balaban J connectivity index is 1.82. The highest BCUT2D eigenvalue weighted by Crippen LogP contribution is 2.28. The molecule has 0 aliphatic rings. The summed E-state index contributed by atoms with van der Waals surface area (Å²) in [7, 11) is 0. The molecule has 118 valence electrons. The zero-order chi connectivity index (χ0) is 16.7. The number of anilines is 1. The number of fused-ring (bicyclic) bond motifs is 1. The summed E-state index contributed by atoms with van der Waals surface area (Å²) in [5.41, 5.74) is 8.61. The number of hydrogen-bond acceptors (Lipinski definition) is 5. The lowest BCUT2D eigenvalue weighted by atomic mass is 10.2. The number of nitrogens with two attached hydrogens (primary N) is 1. The maximum absolute atomic E-state index is 12.7. The molecule has 0 aliphatic carbocycles. The number of nitrogens with one attached hydrogen (secondary N) is 1. The standard InChI is InChI=1S/C17H11ClN4OS/c18-10-3-6-13-12(7-10)16(23)15(22-21-13)14-8-24-17(20-14)9-1-4-11(19)5-2-9/h1-8H,19H2,(H,21,23). The number of thiazole rings is 1. The van der Waals surface area contributed by atoms with E-state index in [4.69, 9.17) is 17.3 Å². The summed E-state index contributed by atoms with van der Waals surface area (Å²) in [4.78, 5) is 17.2. The average molecular weight is 355 g/mol. The number of rotatable bonds is 2. The van der Waals surface area contributed by atoms with Crippen LogP contribution in [0.15, 0.2) is 52.6 Å². The van der Waals surface area contributed by atoms with Crippen LogP contribution in [0.4, 0.5) is 5.69 Å². The van der Waals surface area contributed by atoms with Gasteiger partial charge in [-0.05, 0) is 42.5 Å². The lowest BCUT2D eigenvalue weighted by molar-refractivity contribution is 1.06. The molecule has 7 heteroatoms. The summed E-state index contributed by atoms with van der Waals surface area (Å²) in [6, 6.07) is 12.5. The van der Waals surface area contributed by atoms with Crippen LogP contribution in [0, 0.1) is 0 Å². The Morgan fingerprint density at radius 1 is 1.12 bits per heavy atom. The number of hydrogen-bond donors (Lipinski definition) is 2. The maximum Gasteiger partial charge on any atom is 0.217 e. The molecule has 24 heavy (non-hydrogen) atoms. The summed E-state index contributed by atoms with van der Waals surface area (Å²) in [6.45, 7) is 0. The molecule has 0 amide bonds. The predicted molar refractivity (Wildman–Crippen MR) is 98.3 cm³/mol. The van der Waals surface area contributed by atoms with Gasteiger partial charge in [0.05, 0.1) is 10.9 Å². The number of H-pyrrole nitrogens is 1. The first kappa shape index (κ1) is 14.9. The monoisotopic (exact) mass is 354 g/mol. The number of benzene rings is 2. The van der Waals surface area contributed by atoms with Crippen molar-refractivity contribution in [3.8, 4) is 22.0 Å². The van der Waals surface area contributed by atoms with E-state index < -0.39 is 0 Å². The molecule has 0 bridgehead atoms. The Labute approximate surface area is 145 Å². The van der Waals surface area contributed by atoms with Gasteiger partial charge in [0.2, 0.25) is 5.43 Å². The van der Waals surface area contributed by atoms with E-state index in [0.717, 1.165) is 10.6 Å². The van der Waals surface area contributed by atoms with Crippen molar-refractivity contribution in [2.45, 2.75) is 0 Å². The molecule has 0 unspecified atom stereocenters. The highest BCUT2D eigenvalue weighted by atomic mass is 35.5. The Bertz CT molecular complexity index is 1100. The zero-order valence-corrected chi connectivity index (χ0v) is 13.9. The van der Waals surface area contributed by atoms with Crippen molar-refractivity contribution in [2.24, 2.45) is 0 Å². The molecule has 0 saturated heterocycles. The Kier molecular flexibility index (Phi) is 3.55. The first-order chi connectivity index (χ1) is 11.6. The van der Waals surface area contributed by atoms with Crippen molar-refractivity contribution in [3.63, 3.8) is 0 Å². The number of aromatic amines is 1. The summed E-state index contributed by atoms with van der Waals surface area (Å²) in [5, 5.41) is 10.7. The van der Waals surface area contributed by atoms with Crippen molar-refractivity contribution >= 4 is 39.5 Å². The molecule has 2 aromatic carbocycles. The van der Waals surface area contributed by atoms with Crippen LogP contribution in [0.2, 0.25) is 5.02 Å². The molecule has 5 nitrogen and oxygen atoms in total. The first-order valence-electron chi connectivity index (χ1n) is 7.11. The second kappa shape index (κ2) is 5.74. The lowest BCUT2D eigenvalue weighted by Gasteiger charge is -2.01. The predicted octanol–water partition coefficient (Wildman–Crippen LogP) is 3.95. The lowest BCUT2D eigenvalue weighted by Crippen LogP contribution is -2.09. The van der Waals surface area contributed by atoms with Crippen molar-refractivity contribution in [1.29, 1.82) is 0 Å². The van der Waals surface area contributed by atoms with Crippen LogP contribution < -0.4 is 11.2 Å². The highest BCUT2D eigenvalue weighted by molar-refractivity contribution is 7.13. The molecule has 3 N–H and O–H groups in total. The van der Waals surface area contributed by atoms with E-state index in [2.05, 4.69) is 15.2 Å². The topological polar surface area (TPSA) is 84.7 Å². The first-order valence-corrected chi connectivity index (χ1v) is 8.37. The van der Waals surface area contributed by atoms with Crippen molar-refractivity contribution in [3.05, 3.63) is 63.1 Å². The third kappa shape index (κ3) is 2.55. The highest BCUT2D eigenvalue weighted by Gasteiger charge is 2.13. The van der Waals surface area contributed by atoms with E-state index >= 15 is 0 Å². The fourth-order valence-electron chi connectivity index (χ4n) is 2.41. The number of nitrogens with zero attached hydrogens (tertiary/aromatic N) is 2. The second-order valence-electron chi connectivity index (χ2n) is 5.25. The van der Waals surface area contributed by atoms with Gasteiger partial charge in [0.25, 0.3) is 0 Å². The average Bonchev–Trinajstić information content (AvgIpc) is 3.06.